The number of halogens is 1. The molecule has 1 saturated heterocycles. The fourth-order valence-electron chi connectivity index (χ4n) is 3.37. The first-order valence-electron chi connectivity index (χ1n) is 8.85. The molecule has 1 fully saturated rings. The predicted octanol–water partition coefficient (Wildman–Crippen LogP) is 1.18. The van der Waals surface area contributed by atoms with Crippen LogP contribution in [0.2, 0.25) is 0 Å². The molecule has 9 heteroatoms. The molecule has 2 aromatic heterocycles. The number of likely N-dealkylation sites (tertiary alicyclic amines) is 1. The van der Waals surface area contributed by atoms with Crippen LogP contribution in [-0.2, 0) is 4.79 Å². The van der Waals surface area contributed by atoms with E-state index in [4.69, 9.17) is 9.84 Å². The lowest BCUT2D eigenvalue weighted by Gasteiger charge is -2.32. The first kappa shape index (κ1) is 21.0. The summed E-state index contributed by atoms with van der Waals surface area (Å²) in [5.74, 6) is 0.0952. The Hall–Kier alpha value is -2.32. The smallest absolute Gasteiger partial charge is 0.270 e. The summed E-state index contributed by atoms with van der Waals surface area (Å²) in [5, 5.41) is 12.0. The van der Waals surface area contributed by atoms with E-state index in [0.717, 1.165) is 12.8 Å². The zero-order valence-electron chi connectivity index (χ0n) is 15.5. The molecule has 1 aliphatic heterocycles. The van der Waals surface area contributed by atoms with Gasteiger partial charge in [0.15, 0.2) is 11.4 Å². The Kier molecular flexibility index (Phi) is 7.04. The topological polar surface area (TPSA) is 96.2 Å². The summed E-state index contributed by atoms with van der Waals surface area (Å²) in [5.41, 5.74) is 1.69. The molecule has 2 amide bonds. The van der Waals surface area contributed by atoms with Crippen LogP contribution in [-0.4, -0.2) is 63.6 Å². The Morgan fingerprint density at radius 3 is 2.93 bits per heavy atom. The molecule has 0 radical (unpaired) electrons. The number of hydrogen-bond acceptors (Lipinski definition) is 5. The number of aliphatic hydroxyl groups excluding tert-OH is 1. The molecular formula is C18H25ClN4O4. The average Bonchev–Trinajstić information content (AvgIpc) is 2.98. The van der Waals surface area contributed by atoms with Crippen molar-refractivity contribution in [3.63, 3.8) is 0 Å². The summed E-state index contributed by atoms with van der Waals surface area (Å²) in [6.45, 7) is 4.72. The van der Waals surface area contributed by atoms with E-state index in [-0.39, 0.29) is 30.3 Å². The zero-order chi connectivity index (χ0) is 18.7. The van der Waals surface area contributed by atoms with Crippen LogP contribution >= 0.6 is 12.4 Å². The normalized spacial score (nSPS) is 16.7. The van der Waals surface area contributed by atoms with Gasteiger partial charge in [-0.15, -0.1) is 12.4 Å². The van der Waals surface area contributed by atoms with Gasteiger partial charge in [-0.3, -0.25) is 14.0 Å². The van der Waals surface area contributed by atoms with Crippen LogP contribution in [0.3, 0.4) is 0 Å². The second kappa shape index (κ2) is 9.05. The Morgan fingerprint density at radius 2 is 2.22 bits per heavy atom. The molecule has 0 aromatic carbocycles. The van der Waals surface area contributed by atoms with Crippen molar-refractivity contribution in [1.29, 1.82) is 0 Å². The molecule has 148 valence electrons. The van der Waals surface area contributed by atoms with Gasteiger partial charge in [-0.25, -0.2) is 4.98 Å². The van der Waals surface area contributed by atoms with Gasteiger partial charge in [0, 0.05) is 25.3 Å². The number of nitrogens with zero attached hydrogens (tertiary/aromatic N) is 3. The largest absolute Gasteiger partial charge is 0.490 e. The van der Waals surface area contributed by atoms with Crippen LogP contribution in [0.25, 0.3) is 5.65 Å². The number of aliphatic hydroxyl groups is 1. The van der Waals surface area contributed by atoms with Crippen molar-refractivity contribution in [2.24, 2.45) is 0 Å². The fourth-order valence-corrected chi connectivity index (χ4v) is 3.37. The first-order valence-corrected chi connectivity index (χ1v) is 8.85. The highest BCUT2D eigenvalue weighted by molar-refractivity contribution is 5.95. The number of imidazole rings is 1. The summed E-state index contributed by atoms with van der Waals surface area (Å²) in [6.07, 6.45) is 3.37. The molecule has 3 rings (SSSR count). The third-order valence-electron chi connectivity index (χ3n) is 4.55. The number of nitrogens with one attached hydrogen (secondary N) is 1. The number of amides is 2. The third-order valence-corrected chi connectivity index (χ3v) is 4.55. The van der Waals surface area contributed by atoms with Crippen molar-refractivity contribution in [3.05, 3.63) is 29.7 Å². The number of hydrogen-bond donors (Lipinski definition) is 2. The summed E-state index contributed by atoms with van der Waals surface area (Å²) in [7, 11) is 0. The van der Waals surface area contributed by atoms with Crippen molar-refractivity contribution < 1.29 is 19.4 Å². The third kappa shape index (κ3) is 4.33. The number of rotatable bonds is 5. The summed E-state index contributed by atoms with van der Waals surface area (Å²) in [6, 6.07) is 3.50. The maximum Gasteiger partial charge on any atom is 0.270 e. The van der Waals surface area contributed by atoms with Crippen molar-refractivity contribution in [3.8, 4) is 5.75 Å². The highest BCUT2D eigenvalue weighted by atomic mass is 35.5. The van der Waals surface area contributed by atoms with Gasteiger partial charge in [-0.2, -0.15) is 0 Å². The molecule has 8 nitrogen and oxygen atoms in total. The molecular weight excluding hydrogens is 372 g/mol. The zero-order valence-corrected chi connectivity index (χ0v) is 16.3. The van der Waals surface area contributed by atoms with E-state index in [0.29, 0.717) is 42.5 Å². The minimum Gasteiger partial charge on any atom is -0.490 e. The summed E-state index contributed by atoms with van der Waals surface area (Å²) < 4.78 is 7.32. The van der Waals surface area contributed by atoms with E-state index in [1.807, 2.05) is 19.1 Å². The Balaban J connectivity index is 0.00000261. The number of carbonyl (C=O) groups is 2. The fraction of sp³-hybridized carbons (Fsp3) is 0.500. The van der Waals surface area contributed by atoms with Gasteiger partial charge in [0.2, 0.25) is 5.91 Å². The Bertz CT molecular complexity index is 823. The van der Waals surface area contributed by atoms with Gasteiger partial charge >= 0.3 is 0 Å². The van der Waals surface area contributed by atoms with Crippen LogP contribution < -0.4 is 10.1 Å². The maximum absolute atomic E-state index is 12.9. The van der Waals surface area contributed by atoms with E-state index in [1.54, 1.807) is 22.4 Å². The van der Waals surface area contributed by atoms with Crippen LogP contribution in [0.4, 0.5) is 0 Å². The number of ether oxygens (including phenoxy) is 1. The van der Waals surface area contributed by atoms with E-state index in [1.165, 1.54) is 0 Å². The molecule has 2 N–H and O–H groups in total. The highest BCUT2D eigenvalue weighted by Gasteiger charge is 2.26. The summed E-state index contributed by atoms with van der Waals surface area (Å²) >= 11 is 0. The SMILES string of the molecule is CCOc1cccn2c(C(=O)N[C@H]3CCCN(C(=O)CO)C3)c(C)nc12.Cl. The molecule has 27 heavy (non-hydrogen) atoms. The van der Waals surface area contributed by atoms with E-state index < -0.39 is 6.61 Å². The van der Waals surface area contributed by atoms with Gasteiger partial charge in [0.1, 0.15) is 12.3 Å². The second-order valence-corrected chi connectivity index (χ2v) is 6.36. The number of piperidine rings is 1. The molecule has 2 aromatic rings. The van der Waals surface area contributed by atoms with Crippen LogP contribution in [0.15, 0.2) is 18.3 Å². The summed E-state index contributed by atoms with van der Waals surface area (Å²) in [4.78, 5) is 30.6. The molecule has 0 saturated carbocycles. The number of aryl methyl sites for hydroxylation is 1. The molecule has 3 heterocycles. The number of pyridine rings is 1. The van der Waals surface area contributed by atoms with E-state index >= 15 is 0 Å². The number of aromatic nitrogens is 2. The molecule has 0 spiro atoms. The van der Waals surface area contributed by atoms with E-state index in [9.17, 15) is 9.59 Å². The lowest BCUT2D eigenvalue weighted by Crippen LogP contribution is -2.50. The van der Waals surface area contributed by atoms with Gasteiger partial charge < -0.3 is 20.1 Å². The van der Waals surface area contributed by atoms with Crippen molar-refractivity contribution in [2.45, 2.75) is 32.7 Å². The molecule has 1 atom stereocenters. The molecule has 1 aliphatic rings. The highest BCUT2D eigenvalue weighted by Crippen LogP contribution is 2.22. The molecule has 0 aliphatic carbocycles. The van der Waals surface area contributed by atoms with E-state index in [2.05, 4.69) is 10.3 Å². The standard InChI is InChI=1S/C18H24N4O4.ClH/c1-3-26-14-7-5-9-22-16(12(2)19-17(14)22)18(25)20-13-6-4-8-21(10-13)15(24)11-23;/h5,7,9,13,23H,3-4,6,8,10-11H2,1-2H3,(H,20,25);1H/t13-;/m0./s1. The second-order valence-electron chi connectivity index (χ2n) is 6.36. The number of carbonyl (C=O) groups excluding carboxylic acids is 2. The average molecular weight is 397 g/mol. The Morgan fingerprint density at radius 1 is 1.44 bits per heavy atom. The van der Waals surface area contributed by atoms with Gasteiger partial charge in [-0.05, 0) is 38.8 Å². The monoisotopic (exact) mass is 396 g/mol. The number of fused-ring (bicyclic) bond motifs is 1. The first-order chi connectivity index (χ1) is 12.5. The van der Waals surface area contributed by atoms with Crippen LogP contribution in [0.5, 0.6) is 5.75 Å². The van der Waals surface area contributed by atoms with Crippen LogP contribution in [0.1, 0.15) is 35.9 Å². The van der Waals surface area contributed by atoms with Crippen LogP contribution in [0, 0.1) is 6.92 Å². The minimum atomic E-state index is -0.507. The minimum absolute atomic E-state index is 0. The van der Waals surface area contributed by atoms with Crippen molar-refractivity contribution in [1.82, 2.24) is 19.6 Å². The van der Waals surface area contributed by atoms with Crippen molar-refractivity contribution >= 4 is 29.9 Å². The van der Waals surface area contributed by atoms with Gasteiger partial charge in [0.25, 0.3) is 5.91 Å². The maximum atomic E-state index is 12.9. The predicted molar refractivity (Wildman–Crippen MR) is 103 cm³/mol. The Labute approximate surface area is 163 Å². The molecule has 0 bridgehead atoms. The lowest BCUT2D eigenvalue weighted by molar-refractivity contribution is -0.135. The van der Waals surface area contributed by atoms with Gasteiger partial charge in [-0.1, -0.05) is 0 Å². The molecule has 0 unspecified atom stereocenters. The lowest BCUT2D eigenvalue weighted by atomic mass is 10.1. The quantitative estimate of drug-likeness (QED) is 0.791. The van der Waals surface area contributed by atoms with Crippen molar-refractivity contribution in [2.75, 3.05) is 26.3 Å². The van der Waals surface area contributed by atoms with Gasteiger partial charge in [0.05, 0.1) is 12.3 Å².